The summed E-state index contributed by atoms with van der Waals surface area (Å²) in [5.41, 5.74) is 1.34. The third-order valence-electron chi connectivity index (χ3n) is 3.96. The number of carbonyl (C=O) groups excluding carboxylic acids is 2. The first-order chi connectivity index (χ1) is 11.7. The molecule has 0 bridgehead atoms. The molecule has 25 heavy (non-hydrogen) atoms. The van der Waals surface area contributed by atoms with E-state index in [1.807, 2.05) is 0 Å². The van der Waals surface area contributed by atoms with Crippen LogP contribution >= 0.6 is 0 Å². The van der Waals surface area contributed by atoms with Crippen molar-refractivity contribution >= 4 is 33.5 Å². The Kier molecular flexibility index (Phi) is 5.36. The second-order valence-corrected chi connectivity index (χ2v) is 7.61. The van der Waals surface area contributed by atoms with Gasteiger partial charge in [-0.1, -0.05) is 5.16 Å². The number of Topliss-reactive ketones (excluding diaryl/α,β-unsaturated/α-hetero) is 1. The maximum Gasteiger partial charge on any atom is 0.236 e. The van der Waals surface area contributed by atoms with E-state index >= 15 is 0 Å². The molecule has 0 spiro atoms. The predicted molar refractivity (Wildman–Crippen MR) is 92.1 cm³/mol. The van der Waals surface area contributed by atoms with Crippen LogP contribution in [0.5, 0.6) is 0 Å². The third-order valence-corrected chi connectivity index (χ3v) is 5.10. The summed E-state index contributed by atoms with van der Waals surface area (Å²) < 4.78 is 24.2. The van der Waals surface area contributed by atoms with Crippen molar-refractivity contribution in [2.75, 3.05) is 19.9 Å². The van der Waals surface area contributed by atoms with Gasteiger partial charge in [-0.2, -0.15) is 0 Å². The Balaban J connectivity index is 2.66. The highest BCUT2D eigenvalue weighted by Crippen LogP contribution is 2.27. The molecule has 0 aromatic heterocycles. The number of amides is 1. The van der Waals surface area contributed by atoms with Crippen LogP contribution in [-0.4, -0.2) is 51.9 Å². The molecule has 0 aliphatic carbocycles. The summed E-state index contributed by atoms with van der Waals surface area (Å²) in [6.07, 6.45) is 2.26. The highest BCUT2D eigenvalue weighted by Gasteiger charge is 2.30. The van der Waals surface area contributed by atoms with E-state index < -0.39 is 27.4 Å². The number of oxime groups is 1. The summed E-state index contributed by atoms with van der Waals surface area (Å²) >= 11 is 0. The molecule has 1 amide bonds. The highest BCUT2D eigenvalue weighted by molar-refractivity contribution is 7.90. The number of carbonyl (C=O) groups is 2. The second-order valence-electron chi connectivity index (χ2n) is 5.63. The quantitative estimate of drug-likeness (QED) is 0.436. The first-order valence-corrected chi connectivity index (χ1v) is 9.40. The third kappa shape index (κ3) is 3.60. The van der Waals surface area contributed by atoms with Gasteiger partial charge >= 0.3 is 0 Å². The number of ketones is 1. The summed E-state index contributed by atoms with van der Waals surface area (Å²) in [7, 11) is -2.18. The fourth-order valence-corrected chi connectivity index (χ4v) is 3.65. The second kappa shape index (κ2) is 7.14. The van der Waals surface area contributed by atoms with E-state index in [9.17, 15) is 18.0 Å². The molecule has 1 aliphatic rings. The normalized spacial score (nSPS) is 15.1. The van der Waals surface area contributed by atoms with Crippen LogP contribution in [0.15, 0.2) is 22.2 Å². The average molecular weight is 365 g/mol. The number of hydrogen-bond donors (Lipinski definition) is 2. The zero-order valence-electron chi connectivity index (χ0n) is 14.1. The Bertz CT molecular complexity index is 874. The molecule has 2 N–H and O–H groups in total. The van der Waals surface area contributed by atoms with Crippen molar-refractivity contribution in [3.8, 4) is 0 Å². The molecular weight excluding hydrogens is 346 g/mol. The van der Waals surface area contributed by atoms with E-state index in [4.69, 9.17) is 10.2 Å². The van der Waals surface area contributed by atoms with Crippen molar-refractivity contribution in [1.82, 2.24) is 5.32 Å². The smallest absolute Gasteiger partial charge is 0.236 e. The minimum Gasteiger partial charge on any atom is -0.395 e. The van der Waals surface area contributed by atoms with Crippen molar-refractivity contribution in [3.05, 3.63) is 28.8 Å². The zero-order valence-corrected chi connectivity index (χ0v) is 14.9. The van der Waals surface area contributed by atoms with Gasteiger partial charge in [-0.15, -0.1) is 0 Å². The van der Waals surface area contributed by atoms with Crippen molar-refractivity contribution < 1.29 is 22.8 Å². The summed E-state index contributed by atoms with van der Waals surface area (Å²) in [5, 5.41) is 13.6. The number of rotatable bonds is 6. The fraction of sp³-hybridized carbons (Fsp3) is 0.375. The molecule has 1 aromatic rings. The molecular formula is C16H19N3O5S. The highest BCUT2D eigenvalue weighted by atomic mass is 32.2. The van der Waals surface area contributed by atoms with E-state index in [-0.39, 0.29) is 10.5 Å². The van der Waals surface area contributed by atoms with Crippen LogP contribution in [-0.2, 0) is 19.5 Å². The molecule has 1 aromatic carbocycles. The van der Waals surface area contributed by atoms with Gasteiger partial charge in [0.25, 0.3) is 0 Å². The monoisotopic (exact) mass is 365 g/mol. The van der Waals surface area contributed by atoms with Gasteiger partial charge in [-0.25, -0.2) is 8.42 Å². The Hall–Kier alpha value is -2.55. The van der Waals surface area contributed by atoms with E-state index in [0.29, 0.717) is 29.9 Å². The molecule has 0 saturated heterocycles. The van der Waals surface area contributed by atoms with Crippen molar-refractivity contribution in [2.45, 2.75) is 18.2 Å². The molecule has 0 fully saturated rings. The van der Waals surface area contributed by atoms with Gasteiger partial charge in [0.05, 0.1) is 10.6 Å². The van der Waals surface area contributed by atoms with Crippen LogP contribution in [0, 0.1) is 18.3 Å². The Morgan fingerprint density at radius 2 is 2.08 bits per heavy atom. The van der Waals surface area contributed by atoms with Gasteiger partial charge in [-0.3, -0.25) is 9.59 Å². The van der Waals surface area contributed by atoms with Gasteiger partial charge in [0.2, 0.25) is 5.91 Å². The SMILES string of the molecule is CNC(=O)C(C=N)C(=O)c1ccc(S(C)(=O)=O)c(C2=NOCC2)c1C. The van der Waals surface area contributed by atoms with E-state index in [2.05, 4.69) is 10.5 Å². The molecule has 9 heteroatoms. The summed E-state index contributed by atoms with van der Waals surface area (Å²) in [4.78, 5) is 29.5. The summed E-state index contributed by atoms with van der Waals surface area (Å²) in [6.45, 7) is 1.93. The minimum absolute atomic E-state index is 0.0529. The molecule has 2 rings (SSSR count). The molecule has 0 radical (unpaired) electrons. The van der Waals surface area contributed by atoms with Crippen LogP contribution in [0.1, 0.15) is 27.9 Å². The summed E-state index contributed by atoms with van der Waals surface area (Å²) in [6, 6.07) is 2.70. The maximum absolute atomic E-state index is 12.7. The number of sulfone groups is 1. The average Bonchev–Trinajstić information content (AvgIpc) is 3.07. The van der Waals surface area contributed by atoms with Crippen LogP contribution in [0.25, 0.3) is 0 Å². The summed E-state index contributed by atoms with van der Waals surface area (Å²) in [5.74, 6) is -2.45. The van der Waals surface area contributed by atoms with Crippen LogP contribution in [0.2, 0.25) is 0 Å². The zero-order chi connectivity index (χ0) is 18.8. The van der Waals surface area contributed by atoms with Gasteiger partial charge in [0.15, 0.2) is 15.6 Å². The van der Waals surface area contributed by atoms with Gasteiger partial charge in [0, 0.05) is 37.1 Å². The van der Waals surface area contributed by atoms with Crippen LogP contribution in [0.4, 0.5) is 0 Å². The lowest BCUT2D eigenvalue weighted by atomic mass is 9.90. The lowest BCUT2D eigenvalue weighted by Gasteiger charge is -2.16. The lowest BCUT2D eigenvalue weighted by Crippen LogP contribution is -2.34. The standard InChI is InChI=1S/C16H19N3O5S/c1-9-10(15(20)11(8-17)16(21)18-2)4-5-13(25(3,22)23)14(9)12-6-7-24-19-12/h4-5,8,11,17H,6-7H2,1-3H3,(H,18,21). The molecule has 8 nitrogen and oxygen atoms in total. The van der Waals surface area contributed by atoms with Gasteiger partial charge in [-0.05, 0) is 24.6 Å². The Labute approximate surface area is 145 Å². The first-order valence-electron chi connectivity index (χ1n) is 7.51. The van der Waals surface area contributed by atoms with Gasteiger partial charge in [0.1, 0.15) is 12.5 Å². The first kappa shape index (κ1) is 18.8. The Morgan fingerprint density at radius 3 is 2.56 bits per heavy atom. The number of hydrogen-bond acceptors (Lipinski definition) is 7. The van der Waals surface area contributed by atoms with Crippen molar-refractivity contribution in [1.29, 1.82) is 5.41 Å². The van der Waals surface area contributed by atoms with Crippen molar-refractivity contribution in [2.24, 2.45) is 11.1 Å². The Morgan fingerprint density at radius 1 is 1.40 bits per heavy atom. The van der Waals surface area contributed by atoms with Crippen LogP contribution < -0.4 is 5.32 Å². The molecule has 1 heterocycles. The number of benzene rings is 1. The van der Waals surface area contributed by atoms with Crippen LogP contribution in [0.3, 0.4) is 0 Å². The van der Waals surface area contributed by atoms with Crippen molar-refractivity contribution in [3.63, 3.8) is 0 Å². The topological polar surface area (TPSA) is 126 Å². The van der Waals surface area contributed by atoms with E-state index in [0.717, 1.165) is 12.5 Å². The number of nitrogens with zero attached hydrogens (tertiary/aromatic N) is 1. The fourth-order valence-electron chi connectivity index (χ4n) is 2.70. The maximum atomic E-state index is 12.7. The largest absolute Gasteiger partial charge is 0.395 e. The van der Waals surface area contributed by atoms with Gasteiger partial charge < -0.3 is 15.6 Å². The lowest BCUT2D eigenvalue weighted by molar-refractivity contribution is -0.121. The molecule has 134 valence electrons. The molecule has 1 unspecified atom stereocenters. The molecule has 1 atom stereocenters. The number of nitrogens with one attached hydrogen (secondary N) is 2. The minimum atomic E-state index is -3.55. The van der Waals surface area contributed by atoms with E-state index in [1.165, 1.54) is 19.2 Å². The van der Waals surface area contributed by atoms with E-state index in [1.54, 1.807) is 6.92 Å². The predicted octanol–water partition coefficient (Wildman–Crippen LogP) is 0.717. The molecule has 0 saturated carbocycles. The molecule has 1 aliphatic heterocycles.